The van der Waals surface area contributed by atoms with Crippen molar-refractivity contribution < 1.29 is 19.0 Å². The molecule has 1 aliphatic rings. The lowest BCUT2D eigenvalue weighted by Crippen LogP contribution is -1.98. The number of methoxy groups -OCH3 is 1. The zero-order valence-electron chi connectivity index (χ0n) is 13.4. The largest absolute Gasteiger partial charge is 0.497 e. The van der Waals surface area contributed by atoms with Gasteiger partial charge >= 0.3 is 0 Å². The van der Waals surface area contributed by atoms with E-state index >= 15 is 0 Å². The summed E-state index contributed by atoms with van der Waals surface area (Å²) in [6.45, 7) is 4.39. The third-order valence-electron chi connectivity index (χ3n) is 3.75. The second kappa shape index (κ2) is 6.16. The number of fused-ring (bicyclic) bond motifs is 1. The van der Waals surface area contributed by atoms with E-state index in [-0.39, 0.29) is 5.78 Å². The summed E-state index contributed by atoms with van der Waals surface area (Å²) in [5, 5.41) is 0. The van der Waals surface area contributed by atoms with Gasteiger partial charge in [-0.1, -0.05) is 12.1 Å². The van der Waals surface area contributed by atoms with Crippen molar-refractivity contribution in [2.24, 2.45) is 0 Å². The molecule has 1 aliphatic heterocycles. The van der Waals surface area contributed by atoms with Crippen molar-refractivity contribution in [3.63, 3.8) is 0 Å². The highest BCUT2D eigenvalue weighted by atomic mass is 16.5. The topological polar surface area (TPSA) is 44.8 Å². The Morgan fingerprint density at radius 2 is 1.87 bits per heavy atom. The highest BCUT2D eigenvalue weighted by molar-refractivity contribution is 6.14. The van der Waals surface area contributed by atoms with Gasteiger partial charge in [-0.25, -0.2) is 0 Å². The Morgan fingerprint density at radius 1 is 1.13 bits per heavy atom. The highest BCUT2D eigenvalue weighted by Gasteiger charge is 2.30. The molecule has 0 fully saturated rings. The summed E-state index contributed by atoms with van der Waals surface area (Å²) in [4.78, 5) is 12.5. The van der Waals surface area contributed by atoms with Crippen molar-refractivity contribution in [2.45, 2.75) is 13.8 Å². The molecule has 0 radical (unpaired) electrons. The molecule has 23 heavy (non-hydrogen) atoms. The van der Waals surface area contributed by atoms with Crippen LogP contribution in [0, 0.1) is 6.92 Å². The number of ketones is 1. The van der Waals surface area contributed by atoms with Crippen molar-refractivity contribution in [2.75, 3.05) is 13.7 Å². The Bertz CT molecular complexity index is 773. The Morgan fingerprint density at radius 3 is 2.52 bits per heavy atom. The first-order valence-corrected chi connectivity index (χ1v) is 7.48. The molecule has 2 aromatic rings. The van der Waals surface area contributed by atoms with E-state index in [9.17, 15) is 4.79 Å². The van der Waals surface area contributed by atoms with Crippen molar-refractivity contribution in [3.8, 4) is 17.2 Å². The molecule has 4 heteroatoms. The molecule has 2 aromatic carbocycles. The van der Waals surface area contributed by atoms with Crippen LogP contribution in [0.25, 0.3) is 6.08 Å². The van der Waals surface area contributed by atoms with Gasteiger partial charge in [0.15, 0.2) is 5.76 Å². The normalized spacial score (nSPS) is 14.6. The maximum Gasteiger partial charge on any atom is 0.231 e. The molecule has 0 atom stereocenters. The van der Waals surface area contributed by atoms with Gasteiger partial charge in [-0.2, -0.15) is 0 Å². The van der Waals surface area contributed by atoms with Crippen LogP contribution >= 0.6 is 0 Å². The van der Waals surface area contributed by atoms with Gasteiger partial charge in [-0.3, -0.25) is 4.79 Å². The van der Waals surface area contributed by atoms with Crippen molar-refractivity contribution in [1.29, 1.82) is 0 Å². The van der Waals surface area contributed by atoms with Gasteiger partial charge in [0.25, 0.3) is 0 Å². The molecule has 1 heterocycles. The minimum Gasteiger partial charge on any atom is -0.497 e. The van der Waals surface area contributed by atoms with Crippen LogP contribution in [0.2, 0.25) is 0 Å². The lowest BCUT2D eigenvalue weighted by molar-refractivity contribution is 0.101. The molecule has 0 N–H and O–H groups in total. The Kier molecular flexibility index (Phi) is 4.06. The molecular weight excluding hydrogens is 292 g/mol. The van der Waals surface area contributed by atoms with Gasteiger partial charge in [0.1, 0.15) is 17.2 Å². The quantitative estimate of drug-likeness (QED) is 0.800. The van der Waals surface area contributed by atoms with E-state index < -0.39 is 0 Å². The van der Waals surface area contributed by atoms with Crippen molar-refractivity contribution in [3.05, 3.63) is 58.8 Å². The first-order chi connectivity index (χ1) is 11.1. The minimum atomic E-state index is -0.109. The fourth-order valence-corrected chi connectivity index (χ4v) is 2.53. The van der Waals surface area contributed by atoms with E-state index in [0.717, 1.165) is 22.6 Å². The van der Waals surface area contributed by atoms with Gasteiger partial charge in [-0.15, -0.1) is 0 Å². The van der Waals surface area contributed by atoms with Crippen molar-refractivity contribution in [1.82, 2.24) is 0 Å². The van der Waals surface area contributed by atoms with E-state index in [1.807, 2.05) is 44.2 Å². The zero-order valence-corrected chi connectivity index (χ0v) is 13.4. The number of benzene rings is 2. The van der Waals surface area contributed by atoms with Crippen LogP contribution in [0.4, 0.5) is 0 Å². The van der Waals surface area contributed by atoms with Gasteiger partial charge in [0, 0.05) is 5.56 Å². The van der Waals surface area contributed by atoms with Crippen LogP contribution in [-0.2, 0) is 0 Å². The summed E-state index contributed by atoms with van der Waals surface area (Å²) in [5.74, 6) is 2.31. The fourth-order valence-electron chi connectivity index (χ4n) is 2.53. The SMILES string of the molecule is CCOc1ccc2c(c1C)O/C(=C\c1ccc(OC)cc1)C2=O. The van der Waals surface area contributed by atoms with Gasteiger partial charge in [0.2, 0.25) is 5.78 Å². The fraction of sp³-hybridized carbons (Fsp3) is 0.211. The average molecular weight is 310 g/mol. The van der Waals surface area contributed by atoms with Crippen molar-refractivity contribution >= 4 is 11.9 Å². The molecule has 0 aliphatic carbocycles. The Hall–Kier alpha value is -2.75. The first-order valence-electron chi connectivity index (χ1n) is 7.48. The Labute approximate surface area is 135 Å². The molecule has 0 amide bonds. The lowest BCUT2D eigenvalue weighted by atomic mass is 10.1. The van der Waals surface area contributed by atoms with Gasteiger partial charge in [0.05, 0.1) is 19.3 Å². The monoisotopic (exact) mass is 310 g/mol. The smallest absolute Gasteiger partial charge is 0.231 e. The van der Waals surface area contributed by atoms with Crippen LogP contribution in [0.1, 0.15) is 28.4 Å². The molecule has 118 valence electrons. The maximum absolute atomic E-state index is 12.5. The number of rotatable bonds is 4. The molecule has 0 aromatic heterocycles. The average Bonchev–Trinajstić information content (AvgIpc) is 2.88. The van der Waals surface area contributed by atoms with E-state index in [2.05, 4.69) is 0 Å². The van der Waals surface area contributed by atoms with Crippen LogP contribution in [-0.4, -0.2) is 19.5 Å². The summed E-state index contributed by atoms with van der Waals surface area (Å²) < 4.78 is 16.5. The molecular formula is C19H18O4. The molecule has 0 unspecified atom stereocenters. The number of carbonyl (C=O) groups is 1. The number of allylic oxidation sites excluding steroid dienone is 1. The van der Waals surface area contributed by atoms with E-state index in [1.165, 1.54) is 0 Å². The predicted molar refractivity (Wildman–Crippen MR) is 88.3 cm³/mol. The first kappa shape index (κ1) is 15.2. The van der Waals surface area contributed by atoms with E-state index in [4.69, 9.17) is 14.2 Å². The Balaban J connectivity index is 1.93. The number of hydrogen-bond acceptors (Lipinski definition) is 4. The third kappa shape index (κ3) is 2.80. The molecule has 0 saturated carbocycles. The standard InChI is InChI=1S/C19H18O4/c1-4-22-16-10-9-15-18(20)17(23-19(15)12(16)2)11-13-5-7-14(21-3)8-6-13/h5-11H,4H2,1-3H3/b17-11-. The summed E-state index contributed by atoms with van der Waals surface area (Å²) in [6, 6.07) is 11.0. The maximum atomic E-state index is 12.5. The number of hydrogen-bond donors (Lipinski definition) is 0. The molecule has 4 nitrogen and oxygen atoms in total. The second-order valence-electron chi connectivity index (χ2n) is 5.21. The van der Waals surface area contributed by atoms with E-state index in [1.54, 1.807) is 19.3 Å². The summed E-state index contributed by atoms with van der Waals surface area (Å²) >= 11 is 0. The van der Waals surface area contributed by atoms with Crippen LogP contribution in [0.5, 0.6) is 17.2 Å². The number of carbonyl (C=O) groups excluding carboxylic acids is 1. The van der Waals surface area contributed by atoms with Crippen LogP contribution < -0.4 is 14.2 Å². The molecule has 0 bridgehead atoms. The summed E-state index contributed by atoms with van der Waals surface area (Å²) in [7, 11) is 1.62. The molecule has 0 spiro atoms. The third-order valence-corrected chi connectivity index (χ3v) is 3.75. The zero-order chi connectivity index (χ0) is 16.4. The highest BCUT2D eigenvalue weighted by Crippen LogP contribution is 2.39. The summed E-state index contributed by atoms with van der Waals surface area (Å²) in [6.07, 6.45) is 1.74. The van der Waals surface area contributed by atoms with E-state index in [0.29, 0.717) is 23.7 Å². The molecule has 3 rings (SSSR count). The van der Waals surface area contributed by atoms with Crippen LogP contribution in [0.3, 0.4) is 0 Å². The minimum absolute atomic E-state index is 0.109. The second-order valence-corrected chi connectivity index (χ2v) is 5.21. The lowest BCUT2D eigenvalue weighted by Gasteiger charge is -2.09. The molecule has 0 saturated heterocycles. The summed E-state index contributed by atoms with van der Waals surface area (Å²) in [5.41, 5.74) is 2.30. The predicted octanol–water partition coefficient (Wildman–Crippen LogP) is 4.02. The van der Waals surface area contributed by atoms with Gasteiger partial charge < -0.3 is 14.2 Å². The van der Waals surface area contributed by atoms with Crippen LogP contribution in [0.15, 0.2) is 42.2 Å². The number of ether oxygens (including phenoxy) is 3. The number of Topliss-reactive ketones (excluding diaryl/α,β-unsaturated/α-hetero) is 1. The van der Waals surface area contributed by atoms with Gasteiger partial charge in [-0.05, 0) is 49.8 Å².